The Balaban J connectivity index is 1.78. The van der Waals surface area contributed by atoms with Gasteiger partial charge >= 0.3 is 0 Å². The van der Waals surface area contributed by atoms with Gasteiger partial charge in [-0.25, -0.2) is 0 Å². The smallest absolute Gasteiger partial charge is 0.259 e. The molecule has 2 atom stereocenters. The van der Waals surface area contributed by atoms with Crippen LogP contribution in [0.15, 0.2) is 4.52 Å². The van der Waals surface area contributed by atoms with Gasteiger partial charge in [-0.1, -0.05) is 5.16 Å². The van der Waals surface area contributed by atoms with Gasteiger partial charge in [-0.15, -0.1) is 0 Å². The van der Waals surface area contributed by atoms with Gasteiger partial charge in [-0.2, -0.15) is 0 Å². The zero-order valence-corrected chi connectivity index (χ0v) is 13.2. The second kappa shape index (κ2) is 5.72. The van der Waals surface area contributed by atoms with Crippen LogP contribution in [0.3, 0.4) is 0 Å². The highest BCUT2D eigenvalue weighted by molar-refractivity contribution is 5.97. The number of fused-ring (bicyclic) bond motifs is 1. The van der Waals surface area contributed by atoms with Crippen molar-refractivity contribution in [1.29, 1.82) is 0 Å². The average Bonchev–Trinajstić information content (AvgIpc) is 3.11. The Hall–Kier alpha value is -1.89. The lowest BCUT2D eigenvalue weighted by Gasteiger charge is -2.25. The monoisotopic (exact) mass is 307 g/mol. The highest BCUT2D eigenvalue weighted by Crippen LogP contribution is 2.33. The van der Waals surface area contributed by atoms with E-state index in [2.05, 4.69) is 5.16 Å². The third-order valence-electron chi connectivity index (χ3n) is 4.66. The zero-order valence-electron chi connectivity index (χ0n) is 13.2. The van der Waals surface area contributed by atoms with Crippen LogP contribution in [0.1, 0.15) is 34.7 Å². The Morgan fingerprint density at radius 2 is 2.18 bits per heavy atom. The molecule has 2 aliphatic heterocycles. The quantitative estimate of drug-likeness (QED) is 0.820. The molecule has 3 heterocycles. The van der Waals surface area contributed by atoms with Gasteiger partial charge in [0.25, 0.3) is 5.91 Å². The van der Waals surface area contributed by atoms with E-state index in [0.29, 0.717) is 43.1 Å². The SMILES string of the molecule is COCCN1C(=O)C[C@@H]2[C@@H]1CCN2C(=O)c1c(C)noc1C. The summed E-state index contributed by atoms with van der Waals surface area (Å²) < 4.78 is 10.2. The number of amides is 2. The standard InChI is InChI=1S/C15H21N3O4/c1-9-14(10(2)22-16-9)15(20)18-5-4-11-12(18)8-13(19)17(11)6-7-21-3/h11-12H,4-8H2,1-3H3/t11-,12+/m0/s1. The number of hydrogen-bond donors (Lipinski definition) is 0. The van der Waals surface area contributed by atoms with Crippen molar-refractivity contribution in [2.45, 2.75) is 38.8 Å². The topological polar surface area (TPSA) is 75.9 Å². The molecule has 0 unspecified atom stereocenters. The molecule has 1 aromatic rings. The van der Waals surface area contributed by atoms with E-state index in [1.165, 1.54) is 0 Å². The summed E-state index contributed by atoms with van der Waals surface area (Å²) in [4.78, 5) is 28.6. The van der Waals surface area contributed by atoms with Crippen LogP contribution >= 0.6 is 0 Å². The number of carbonyl (C=O) groups excluding carboxylic acids is 2. The predicted molar refractivity (Wildman–Crippen MR) is 77.4 cm³/mol. The molecule has 0 N–H and O–H groups in total. The van der Waals surface area contributed by atoms with Crippen molar-refractivity contribution in [3.63, 3.8) is 0 Å². The fourth-order valence-corrected chi connectivity index (χ4v) is 3.59. The van der Waals surface area contributed by atoms with Gasteiger partial charge in [0.15, 0.2) is 0 Å². The first-order chi connectivity index (χ1) is 10.5. The zero-order chi connectivity index (χ0) is 15.9. The Kier molecular flexibility index (Phi) is 3.90. The van der Waals surface area contributed by atoms with E-state index in [1.807, 2.05) is 9.80 Å². The normalized spacial score (nSPS) is 24.2. The molecule has 7 heteroatoms. The van der Waals surface area contributed by atoms with Crippen molar-refractivity contribution in [3.05, 3.63) is 17.0 Å². The van der Waals surface area contributed by atoms with Crippen LogP contribution in [-0.2, 0) is 9.53 Å². The minimum atomic E-state index is -0.0786. The van der Waals surface area contributed by atoms with Gasteiger partial charge in [-0.3, -0.25) is 9.59 Å². The summed E-state index contributed by atoms with van der Waals surface area (Å²) in [5.41, 5.74) is 1.13. The molecule has 1 aromatic heterocycles. The van der Waals surface area contributed by atoms with Crippen molar-refractivity contribution in [3.8, 4) is 0 Å². The summed E-state index contributed by atoms with van der Waals surface area (Å²) in [6, 6.07) is 0.0534. The number of hydrogen-bond acceptors (Lipinski definition) is 5. The molecule has 0 aromatic carbocycles. The largest absolute Gasteiger partial charge is 0.383 e. The minimum Gasteiger partial charge on any atom is -0.383 e. The molecule has 120 valence electrons. The van der Waals surface area contributed by atoms with Crippen molar-refractivity contribution >= 4 is 11.8 Å². The first-order valence-corrected chi connectivity index (χ1v) is 7.56. The molecule has 0 aliphatic carbocycles. The highest BCUT2D eigenvalue weighted by Gasteiger charge is 2.48. The van der Waals surface area contributed by atoms with Crippen LogP contribution in [0.25, 0.3) is 0 Å². The number of methoxy groups -OCH3 is 1. The second-order valence-electron chi connectivity index (χ2n) is 5.91. The Bertz CT molecular complexity index is 578. The molecular weight excluding hydrogens is 286 g/mol. The number of aryl methyl sites for hydroxylation is 2. The van der Waals surface area contributed by atoms with Crippen molar-refractivity contribution in [2.75, 3.05) is 26.8 Å². The molecule has 0 saturated carbocycles. The van der Waals surface area contributed by atoms with Gasteiger partial charge in [0.05, 0.1) is 24.4 Å². The van der Waals surface area contributed by atoms with Crippen LogP contribution in [0.4, 0.5) is 0 Å². The van der Waals surface area contributed by atoms with Gasteiger partial charge < -0.3 is 19.1 Å². The van der Waals surface area contributed by atoms with E-state index in [-0.39, 0.29) is 23.9 Å². The Morgan fingerprint density at radius 1 is 1.41 bits per heavy atom. The lowest BCUT2D eigenvalue weighted by atomic mass is 10.1. The summed E-state index contributed by atoms with van der Waals surface area (Å²) in [6.45, 7) is 5.28. The lowest BCUT2D eigenvalue weighted by molar-refractivity contribution is -0.129. The molecule has 0 radical (unpaired) electrons. The van der Waals surface area contributed by atoms with E-state index >= 15 is 0 Å². The number of aromatic nitrogens is 1. The highest BCUT2D eigenvalue weighted by atomic mass is 16.5. The van der Waals surface area contributed by atoms with E-state index in [0.717, 1.165) is 6.42 Å². The number of nitrogens with zero attached hydrogens (tertiary/aromatic N) is 3. The van der Waals surface area contributed by atoms with E-state index in [1.54, 1.807) is 21.0 Å². The van der Waals surface area contributed by atoms with E-state index in [4.69, 9.17) is 9.26 Å². The van der Waals surface area contributed by atoms with Crippen LogP contribution in [0, 0.1) is 13.8 Å². The third-order valence-corrected chi connectivity index (χ3v) is 4.66. The lowest BCUT2D eigenvalue weighted by Crippen LogP contribution is -2.41. The van der Waals surface area contributed by atoms with Crippen LogP contribution in [-0.4, -0.2) is 65.7 Å². The third kappa shape index (κ3) is 2.29. The maximum absolute atomic E-state index is 12.8. The molecular formula is C15H21N3O4. The maximum atomic E-state index is 12.8. The molecule has 3 rings (SSSR count). The summed E-state index contributed by atoms with van der Waals surface area (Å²) in [5, 5.41) is 3.85. The van der Waals surface area contributed by atoms with Crippen molar-refractivity contribution in [2.24, 2.45) is 0 Å². The number of ether oxygens (including phenoxy) is 1. The molecule has 2 amide bonds. The minimum absolute atomic E-state index is 0.0504. The number of rotatable bonds is 4. The van der Waals surface area contributed by atoms with Crippen molar-refractivity contribution in [1.82, 2.24) is 15.0 Å². The Morgan fingerprint density at radius 3 is 2.82 bits per heavy atom. The first-order valence-electron chi connectivity index (χ1n) is 7.56. The molecule has 2 saturated heterocycles. The maximum Gasteiger partial charge on any atom is 0.259 e. The number of likely N-dealkylation sites (tertiary alicyclic amines) is 2. The summed E-state index contributed by atoms with van der Waals surface area (Å²) >= 11 is 0. The van der Waals surface area contributed by atoms with Crippen LogP contribution < -0.4 is 0 Å². The fourth-order valence-electron chi connectivity index (χ4n) is 3.59. The van der Waals surface area contributed by atoms with E-state index in [9.17, 15) is 9.59 Å². The first kappa shape index (κ1) is 15.0. The van der Waals surface area contributed by atoms with Gasteiger partial charge in [0.2, 0.25) is 5.91 Å². The van der Waals surface area contributed by atoms with E-state index < -0.39 is 0 Å². The summed E-state index contributed by atoms with van der Waals surface area (Å²) in [6.07, 6.45) is 1.21. The van der Waals surface area contributed by atoms with Crippen LogP contribution in [0.2, 0.25) is 0 Å². The molecule has 2 fully saturated rings. The van der Waals surface area contributed by atoms with Gasteiger partial charge in [0, 0.05) is 26.6 Å². The number of carbonyl (C=O) groups is 2. The second-order valence-corrected chi connectivity index (χ2v) is 5.91. The molecule has 22 heavy (non-hydrogen) atoms. The molecule has 7 nitrogen and oxygen atoms in total. The van der Waals surface area contributed by atoms with Gasteiger partial charge in [-0.05, 0) is 20.3 Å². The molecule has 2 aliphatic rings. The Labute approximate surface area is 129 Å². The molecule has 0 bridgehead atoms. The molecule has 0 spiro atoms. The van der Waals surface area contributed by atoms with Gasteiger partial charge in [0.1, 0.15) is 11.3 Å². The summed E-state index contributed by atoms with van der Waals surface area (Å²) in [5.74, 6) is 0.556. The van der Waals surface area contributed by atoms with Crippen LogP contribution in [0.5, 0.6) is 0 Å². The summed E-state index contributed by atoms with van der Waals surface area (Å²) in [7, 11) is 1.62. The van der Waals surface area contributed by atoms with Crippen molar-refractivity contribution < 1.29 is 18.8 Å². The average molecular weight is 307 g/mol. The predicted octanol–water partition coefficient (Wildman–Crippen LogP) is 0.753. The fraction of sp³-hybridized carbons (Fsp3) is 0.667.